The number of H-pyrrole nitrogens is 1. The molecule has 0 fully saturated rings. The summed E-state index contributed by atoms with van der Waals surface area (Å²) in [5.41, 5.74) is 3.87. The number of nitrogens with zero attached hydrogens (tertiary/aromatic N) is 2. The maximum absolute atomic E-state index is 13.3. The van der Waals surface area contributed by atoms with Gasteiger partial charge in [0.1, 0.15) is 15.5 Å². The number of amides is 1. The minimum Gasteiger partial charge on any atom is -0.361 e. The lowest BCUT2D eigenvalue weighted by Crippen LogP contribution is -2.23. The number of sulfone groups is 2. The van der Waals surface area contributed by atoms with E-state index in [1.54, 1.807) is 32.2 Å². The molecule has 9 nitrogen and oxygen atoms in total. The van der Waals surface area contributed by atoms with Crippen LogP contribution in [0, 0.1) is 0 Å². The highest BCUT2D eigenvalue weighted by atomic mass is 32.2. The summed E-state index contributed by atoms with van der Waals surface area (Å²) < 4.78 is 54.3. The highest BCUT2D eigenvalue weighted by Gasteiger charge is 2.36. The molecule has 4 aromatic rings. The van der Waals surface area contributed by atoms with Crippen molar-refractivity contribution in [3.05, 3.63) is 66.1 Å². The lowest BCUT2D eigenvalue weighted by atomic mass is 10.2. The third-order valence-corrected chi connectivity index (χ3v) is 9.60. The second-order valence-corrected chi connectivity index (χ2v) is 12.2. The molecule has 3 heterocycles. The molecular weight excluding hydrogens is 488 g/mol. The van der Waals surface area contributed by atoms with E-state index in [0.29, 0.717) is 6.42 Å². The zero-order valence-corrected chi connectivity index (χ0v) is 21.0. The number of para-hydroxylation sites is 1. The van der Waals surface area contributed by atoms with Gasteiger partial charge in [-0.2, -0.15) is 5.10 Å². The first-order valence-corrected chi connectivity index (χ1v) is 14.5. The molecule has 0 saturated carbocycles. The molecular formula is C24H26N4O5S2. The topological polar surface area (TPSA) is 130 Å². The van der Waals surface area contributed by atoms with Crippen LogP contribution < -0.4 is 5.43 Å². The highest BCUT2D eigenvalue weighted by molar-refractivity contribution is 7.94. The molecule has 2 N–H and O–H groups in total. The standard InChI is InChI=1S/C24H26N4O5S2/c1-3-13-34(30,31)22-20-11-7-8-12-28(20)21(23(22)35(32,33)14-4-2)24(29)27-26-16-17-15-25-19-10-6-5-9-18(17)19/h5-12,15-16,25H,3-4,13-14H2,1-2H3,(H,27,29)/b26-16-. The number of pyridine rings is 1. The van der Waals surface area contributed by atoms with Crippen molar-refractivity contribution in [2.75, 3.05) is 11.5 Å². The van der Waals surface area contributed by atoms with E-state index in [0.717, 1.165) is 16.5 Å². The summed E-state index contributed by atoms with van der Waals surface area (Å²) >= 11 is 0. The van der Waals surface area contributed by atoms with Gasteiger partial charge in [0, 0.05) is 28.9 Å². The second kappa shape index (κ2) is 9.67. The number of rotatable bonds is 9. The normalized spacial score (nSPS) is 12.6. The van der Waals surface area contributed by atoms with Crippen molar-refractivity contribution >= 4 is 48.2 Å². The minimum absolute atomic E-state index is 0.140. The van der Waals surface area contributed by atoms with Crippen LogP contribution in [-0.4, -0.2) is 49.8 Å². The predicted molar refractivity (Wildman–Crippen MR) is 135 cm³/mol. The molecule has 0 aliphatic carbocycles. The van der Waals surface area contributed by atoms with E-state index < -0.39 is 30.5 Å². The van der Waals surface area contributed by atoms with E-state index in [1.807, 2.05) is 24.3 Å². The summed E-state index contributed by atoms with van der Waals surface area (Å²) in [5.74, 6) is -1.36. The Bertz CT molecular complexity index is 1650. The fraction of sp³-hybridized carbons (Fsp3) is 0.250. The van der Waals surface area contributed by atoms with Crippen molar-refractivity contribution < 1.29 is 21.6 Å². The van der Waals surface area contributed by atoms with Crippen LogP contribution in [0.5, 0.6) is 0 Å². The summed E-state index contributed by atoms with van der Waals surface area (Å²) in [7, 11) is -8.08. The van der Waals surface area contributed by atoms with Crippen LogP contribution in [0.4, 0.5) is 0 Å². The highest BCUT2D eigenvalue weighted by Crippen LogP contribution is 2.34. The van der Waals surface area contributed by atoms with Crippen LogP contribution in [-0.2, 0) is 19.7 Å². The molecule has 0 atom stereocenters. The maximum Gasteiger partial charge on any atom is 0.289 e. The number of aromatic nitrogens is 2. The van der Waals surface area contributed by atoms with Crippen molar-refractivity contribution in [3.63, 3.8) is 0 Å². The molecule has 3 aromatic heterocycles. The molecule has 4 rings (SSSR count). The molecule has 0 saturated heterocycles. The second-order valence-electron chi connectivity index (χ2n) is 8.09. The molecule has 11 heteroatoms. The Kier molecular flexibility index (Phi) is 6.82. The van der Waals surface area contributed by atoms with Gasteiger partial charge in [-0.05, 0) is 31.0 Å². The summed E-state index contributed by atoms with van der Waals surface area (Å²) in [6.07, 6.45) is 5.22. The van der Waals surface area contributed by atoms with Gasteiger partial charge in [0.05, 0.1) is 23.2 Å². The molecule has 0 aliphatic heterocycles. The molecule has 0 spiro atoms. The zero-order valence-electron chi connectivity index (χ0n) is 19.4. The SMILES string of the molecule is CCCS(=O)(=O)c1c(S(=O)(=O)CCC)c2ccccn2c1C(=O)N/N=C\c1c[nH]c2ccccc12. The summed E-state index contributed by atoms with van der Waals surface area (Å²) in [4.78, 5) is 15.6. The number of fused-ring (bicyclic) bond motifs is 2. The lowest BCUT2D eigenvalue weighted by molar-refractivity contribution is 0.0945. The predicted octanol–water partition coefficient (Wildman–Crippen LogP) is 3.55. The number of aromatic amines is 1. The Morgan fingerprint density at radius 2 is 1.63 bits per heavy atom. The Morgan fingerprint density at radius 1 is 0.971 bits per heavy atom. The van der Waals surface area contributed by atoms with Crippen LogP contribution in [0.1, 0.15) is 42.7 Å². The van der Waals surface area contributed by atoms with Crippen molar-refractivity contribution in [2.24, 2.45) is 5.10 Å². The number of carbonyl (C=O) groups is 1. The number of hydrazone groups is 1. The number of nitrogens with one attached hydrogen (secondary N) is 2. The first-order chi connectivity index (χ1) is 16.7. The third kappa shape index (κ3) is 4.61. The average Bonchev–Trinajstić information content (AvgIpc) is 3.39. The van der Waals surface area contributed by atoms with E-state index in [9.17, 15) is 21.6 Å². The number of hydrogen-bond acceptors (Lipinski definition) is 6. The zero-order chi connectivity index (χ0) is 25.2. The van der Waals surface area contributed by atoms with E-state index in [1.165, 1.54) is 22.9 Å². The van der Waals surface area contributed by atoms with Crippen LogP contribution in [0.25, 0.3) is 16.4 Å². The molecule has 0 aliphatic rings. The number of hydrogen-bond donors (Lipinski definition) is 2. The first kappa shape index (κ1) is 24.7. The first-order valence-electron chi connectivity index (χ1n) is 11.2. The molecule has 0 unspecified atom stereocenters. The number of carbonyl (C=O) groups excluding carboxylic acids is 1. The average molecular weight is 515 g/mol. The van der Waals surface area contributed by atoms with Crippen molar-refractivity contribution in [1.29, 1.82) is 0 Å². The summed E-state index contributed by atoms with van der Waals surface area (Å²) in [6.45, 7) is 3.38. The van der Waals surface area contributed by atoms with E-state index in [2.05, 4.69) is 15.5 Å². The molecule has 184 valence electrons. The van der Waals surface area contributed by atoms with Crippen LogP contribution in [0.3, 0.4) is 0 Å². The summed E-state index contributed by atoms with van der Waals surface area (Å²) in [5, 5.41) is 4.92. The number of benzene rings is 1. The van der Waals surface area contributed by atoms with Gasteiger partial charge in [-0.3, -0.25) is 4.79 Å². The molecule has 0 radical (unpaired) electrons. The Morgan fingerprint density at radius 3 is 2.34 bits per heavy atom. The van der Waals surface area contributed by atoms with Crippen molar-refractivity contribution in [2.45, 2.75) is 36.5 Å². The molecule has 1 aromatic carbocycles. The lowest BCUT2D eigenvalue weighted by Gasteiger charge is -2.08. The van der Waals surface area contributed by atoms with E-state index in [-0.39, 0.29) is 34.0 Å². The van der Waals surface area contributed by atoms with Gasteiger partial charge >= 0.3 is 0 Å². The Labute approximate surface area is 203 Å². The van der Waals surface area contributed by atoms with Gasteiger partial charge in [-0.1, -0.05) is 38.1 Å². The third-order valence-electron chi connectivity index (χ3n) is 5.53. The largest absolute Gasteiger partial charge is 0.361 e. The maximum atomic E-state index is 13.3. The van der Waals surface area contributed by atoms with Crippen LogP contribution >= 0.6 is 0 Å². The Hall–Kier alpha value is -3.44. The van der Waals surface area contributed by atoms with Gasteiger partial charge in [0.15, 0.2) is 19.7 Å². The van der Waals surface area contributed by atoms with E-state index >= 15 is 0 Å². The smallest absolute Gasteiger partial charge is 0.289 e. The van der Waals surface area contributed by atoms with Gasteiger partial charge in [0.2, 0.25) is 0 Å². The van der Waals surface area contributed by atoms with Gasteiger partial charge < -0.3 is 9.38 Å². The minimum atomic E-state index is -4.09. The van der Waals surface area contributed by atoms with Gasteiger partial charge in [-0.15, -0.1) is 0 Å². The fourth-order valence-electron chi connectivity index (χ4n) is 4.11. The van der Waals surface area contributed by atoms with Crippen molar-refractivity contribution in [3.8, 4) is 0 Å². The van der Waals surface area contributed by atoms with Crippen LogP contribution in [0.15, 0.2) is 69.8 Å². The van der Waals surface area contributed by atoms with Crippen molar-refractivity contribution in [1.82, 2.24) is 14.8 Å². The molecule has 1 amide bonds. The van der Waals surface area contributed by atoms with Gasteiger partial charge in [0.25, 0.3) is 5.91 Å². The quantitative estimate of drug-likeness (QED) is 0.261. The Balaban J connectivity index is 1.85. The van der Waals surface area contributed by atoms with Gasteiger partial charge in [-0.25, -0.2) is 22.3 Å². The fourth-order valence-corrected chi connectivity index (χ4v) is 8.10. The summed E-state index contributed by atoms with van der Waals surface area (Å²) in [6, 6.07) is 12.3. The van der Waals surface area contributed by atoms with Crippen LogP contribution in [0.2, 0.25) is 0 Å². The van der Waals surface area contributed by atoms with E-state index in [4.69, 9.17) is 0 Å². The molecule has 0 bridgehead atoms. The molecule has 35 heavy (non-hydrogen) atoms. The monoisotopic (exact) mass is 514 g/mol.